The molecule has 0 aliphatic carbocycles. The fourth-order valence-corrected chi connectivity index (χ4v) is 2.32. The third-order valence-electron chi connectivity index (χ3n) is 3.53. The summed E-state index contributed by atoms with van der Waals surface area (Å²) < 4.78 is 0. The van der Waals surface area contributed by atoms with Crippen molar-refractivity contribution in [1.82, 2.24) is 4.90 Å². The molecule has 1 rings (SSSR count). The van der Waals surface area contributed by atoms with Gasteiger partial charge in [-0.05, 0) is 46.2 Å². The highest BCUT2D eigenvalue weighted by atomic mass is 15.2. The van der Waals surface area contributed by atoms with Crippen molar-refractivity contribution >= 4 is 0 Å². The topological polar surface area (TPSA) is 27.0 Å². The first-order chi connectivity index (χ1) is 6.62. The van der Waals surface area contributed by atoms with Crippen LogP contribution in [0.3, 0.4) is 0 Å². The van der Waals surface area contributed by atoms with Crippen molar-refractivity contribution in [3.8, 4) is 6.07 Å². The molecule has 0 N–H and O–H groups in total. The summed E-state index contributed by atoms with van der Waals surface area (Å²) in [5.74, 6) is 0.216. The molecule has 1 saturated heterocycles. The van der Waals surface area contributed by atoms with Crippen LogP contribution in [0.2, 0.25) is 0 Å². The second-order valence-corrected chi connectivity index (χ2v) is 4.82. The van der Waals surface area contributed by atoms with Crippen molar-refractivity contribution in [1.29, 1.82) is 5.26 Å². The van der Waals surface area contributed by atoms with Crippen molar-refractivity contribution in [3.05, 3.63) is 0 Å². The number of hydrogen-bond acceptors (Lipinski definition) is 2. The van der Waals surface area contributed by atoms with Gasteiger partial charge >= 0.3 is 0 Å². The average Bonchev–Trinajstić information content (AvgIpc) is 2.15. The Bertz CT molecular complexity index is 215. The molecule has 0 spiro atoms. The van der Waals surface area contributed by atoms with Crippen molar-refractivity contribution < 1.29 is 0 Å². The van der Waals surface area contributed by atoms with Gasteiger partial charge in [0, 0.05) is 5.54 Å². The zero-order valence-electron chi connectivity index (χ0n) is 9.71. The predicted octanol–water partition coefficient (Wildman–Crippen LogP) is 2.80. The SMILES string of the molecule is CCCCN1CCCC(C#N)C1(C)C. The Balaban J connectivity index is 2.61. The Kier molecular flexibility index (Phi) is 3.95. The van der Waals surface area contributed by atoms with Crippen LogP contribution in [-0.4, -0.2) is 23.5 Å². The highest BCUT2D eigenvalue weighted by molar-refractivity contribution is 5.02. The number of hydrogen-bond donors (Lipinski definition) is 0. The number of unbranched alkanes of at least 4 members (excludes halogenated alkanes) is 1. The van der Waals surface area contributed by atoms with Crippen LogP contribution < -0.4 is 0 Å². The first-order valence-electron chi connectivity index (χ1n) is 5.77. The first-order valence-corrected chi connectivity index (χ1v) is 5.77. The molecule has 2 nitrogen and oxygen atoms in total. The van der Waals surface area contributed by atoms with Crippen molar-refractivity contribution in [2.45, 2.75) is 52.0 Å². The molecule has 0 radical (unpaired) electrons. The molecule has 80 valence electrons. The summed E-state index contributed by atoms with van der Waals surface area (Å²) in [5.41, 5.74) is 0.0855. The summed E-state index contributed by atoms with van der Waals surface area (Å²) in [6, 6.07) is 2.46. The fourth-order valence-electron chi connectivity index (χ4n) is 2.32. The fraction of sp³-hybridized carbons (Fsp3) is 0.917. The van der Waals surface area contributed by atoms with E-state index in [9.17, 15) is 0 Å². The number of likely N-dealkylation sites (tertiary alicyclic amines) is 1. The van der Waals surface area contributed by atoms with Gasteiger partial charge in [0.2, 0.25) is 0 Å². The van der Waals surface area contributed by atoms with Gasteiger partial charge in [-0.3, -0.25) is 4.90 Å². The summed E-state index contributed by atoms with van der Waals surface area (Å²) in [6.07, 6.45) is 4.75. The summed E-state index contributed by atoms with van der Waals surface area (Å²) >= 11 is 0. The van der Waals surface area contributed by atoms with Crippen LogP contribution in [0.25, 0.3) is 0 Å². The summed E-state index contributed by atoms with van der Waals surface area (Å²) in [6.45, 7) is 8.98. The molecule has 1 fully saturated rings. The van der Waals surface area contributed by atoms with E-state index in [2.05, 4.69) is 31.7 Å². The summed E-state index contributed by atoms with van der Waals surface area (Å²) in [5, 5.41) is 9.09. The van der Waals surface area contributed by atoms with Crippen LogP contribution in [0.5, 0.6) is 0 Å². The van der Waals surface area contributed by atoms with E-state index in [0.29, 0.717) is 0 Å². The van der Waals surface area contributed by atoms with E-state index in [1.54, 1.807) is 0 Å². The number of rotatable bonds is 3. The van der Waals surface area contributed by atoms with Crippen LogP contribution in [0, 0.1) is 17.2 Å². The van der Waals surface area contributed by atoms with E-state index < -0.39 is 0 Å². The maximum absolute atomic E-state index is 9.09. The Labute approximate surface area is 87.9 Å². The minimum atomic E-state index is 0.0855. The van der Waals surface area contributed by atoms with E-state index in [1.807, 2.05) is 0 Å². The average molecular weight is 194 g/mol. The largest absolute Gasteiger partial charge is 0.297 e. The highest BCUT2D eigenvalue weighted by Crippen LogP contribution is 2.32. The molecule has 0 aromatic heterocycles. The third kappa shape index (κ3) is 2.27. The molecule has 0 bridgehead atoms. The second-order valence-electron chi connectivity index (χ2n) is 4.82. The lowest BCUT2D eigenvalue weighted by atomic mass is 9.80. The van der Waals surface area contributed by atoms with Gasteiger partial charge in [-0.15, -0.1) is 0 Å². The summed E-state index contributed by atoms with van der Waals surface area (Å²) in [4.78, 5) is 2.49. The quantitative estimate of drug-likeness (QED) is 0.690. The Morgan fingerprint density at radius 1 is 1.50 bits per heavy atom. The highest BCUT2D eigenvalue weighted by Gasteiger charge is 2.37. The van der Waals surface area contributed by atoms with E-state index in [4.69, 9.17) is 5.26 Å². The van der Waals surface area contributed by atoms with Crippen LogP contribution in [0.4, 0.5) is 0 Å². The smallest absolute Gasteiger partial charge is 0.0675 e. The molecule has 0 aromatic carbocycles. The zero-order valence-corrected chi connectivity index (χ0v) is 9.71. The molecule has 0 saturated carbocycles. The molecule has 0 aromatic rings. The van der Waals surface area contributed by atoms with Gasteiger partial charge in [0.25, 0.3) is 0 Å². The van der Waals surface area contributed by atoms with Gasteiger partial charge in [0.05, 0.1) is 12.0 Å². The normalized spacial score (nSPS) is 27.1. The molecule has 0 amide bonds. The van der Waals surface area contributed by atoms with Gasteiger partial charge in [-0.1, -0.05) is 13.3 Å². The van der Waals surface area contributed by atoms with Crippen LogP contribution in [0.15, 0.2) is 0 Å². The number of nitrogens with zero attached hydrogens (tertiary/aromatic N) is 2. The molecule has 14 heavy (non-hydrogen) atoms. The van der Waals surface area contributed by atoms with Crippen LogP contribution >= 0.6 is 0 Å². The maximum atomic E-state index is 9.09. The van der Waals surface area contributed by atoms with Crippen LogP contribution in [-0.2, 0) is 0 Å². The molecular weight excluding hydrogens is 172 g/mol. The van der Waals surface area contributed by atoms with Crippen molar-refractivity contribution in [3.63, 3.8) is 0 Å². The predicted molar refractivity (Wildman–Crippen MR) is 58.9 cm³/mol. The molecular formula is C12H22N2. The van der Waals surface area contributed by atoms with Gasteiger partial charge in [-0.25, -0.2) is 0 Å². The molecule has 1 unspecified atom stereocenters. The minimum Gasteiger partial charge on any atom is -0.297 e. The van der Waals surface area contributed by atoms with Crippen LogP contribution in [0.1, 0.15) is 46.5 Å². The lowest BCUT2D eigenvalue weighted by Gasteiger charge is -2.45. The molecule has 1 heterocycles. The number of nitriles is 1. The van der Waals surface area contributed by atoms with Crippen molar-refractivity contribution in [2.24, 2.45) is 5.92 Å². The molecule has 1 atom stereocenters. The Morgan fingerprint density at radius 3 is 2.79 bits per heavy atom. The zero-order chi connectivity index (χ0) is 10.6. The summed E-state index contributed by atoms with van der Waals surface area (Å²) in [7, 11) is 0. The van der Waals surface area contributed by atoms with E-state index in [-0.39, 0.29) is 11.5 Å². The molecule has 1 aliphatic heterocycles. The van der Waals surface area contributed by atoms with E-state index >= 15 is 0 Å². The standard InChI is InChI=1S/C12H22N2/c1-4-5-8-14-9-6-7-11(10-13)12(14,2)3/h11H,4-9H2,1-3H3. The van der Waals surface area contributed by atoms with Gasteiger partial charge in [-0.2, -0.15) is 5.26 Å². The third-order valence-corrected chi connectivity index (χ3v) is 3.53. The Hall–Kier alpha value is -0.550. The van der Waals surface area contributed by atoms with Gasteiger partial charge < -0.3 is 0 Å². The second kappa shape index (κ2) is 4.79. The lowest BCUT2D eigenvalue weighted by Crippen LogP contribution is -2.53. The maximum Gasteiger partial charge on any atom is 0.0675 e. The lowest BCUT2D eigenvalue weighted by molar-refractivity contribution is 0.0443. The van der Waals surface area contributed by atoms with E-state index in [1.165, 1.54) is 25.8 Å². The molecule has 1 aliphatic rings. The monoisotopic (exact) mass is 194 g/mol. The van der Waals surface area contributed by atoms with Gasteiger partial charge in [0.15, 0.2) is 0 Å². The van der Waals surface area contributed by atoms with E-state index in [0.717, 1.165) is 13.0 Å². The Morgan fingerprint density at radius 2 is 2.21 bits per heavy atom. The minimum absolute atomic E-state index is 0.0855. The molecule has 2 heteroatoms. The first kappa shape index (κ1) is 11.5. The number of piperidine rings is 1. The van der Waals surface area contributed by atoms with Crippen molar-refractivity contribution in [2.75, 3.05) is 13.1 Å². The van der Waals surface area contributed by atoms with Gasteiger partial charge in [0.1, 0.15) is 0 Å².